The van der Waals surface area contributed by atoms with E-state index in [1.54, 1.807) is 121 Å². The van der Waals surface area contributed by atoms with Gasteiger partial charge in [0.15, 0.2) is 0 Å². The van der Waals surface area contributed by atoms with Crippen molar-refractivity contribution in [3.63, 3.8) is 0 Å². The SMILES string of the molecule is O.O=C(Cc1ccccc1)[O][Sn]([O]C(=O)Cc1ccccc1)([O]C(=O)Cc1ccccc1)[O]C(=O)Cc1ccccc1. The Hall–Kier alpha value is -4.48. The van der Waals surface area contributed by atoms with E-state index in [1.807, 2.05) is 0 Å². The molecule has 0 saturated carbocycles. The van der Waals surface area contributed by atoms with Gasteiger partial charge in [-0.25, -0.2) is 0 Å². The molecule has 2 N–H and O–H groups in total. The Morgan fingerprint density at radius 2 is 0.571 bits per heavy atom. The summed E-state index contributed by atoms with van der Waals surface area (Å²) in [6.45, 7) is 0. The topological polar surface area (TPSA) is 137 Å². The summed E-state index contributed by atoms with van der Waals surface area (Å²) in [6, 6.07) is 34.8. The molecule has 0 unspecified atom stereocenters. The van der Waals surface area contributed by atoms with Crippen molar-refractivity contribution in [2.45, 2.75) is 25.7 Å². The van der Waals surface area contributed by atoms with Gasteiger partial charge in [-0.15, -0.1) is 0 Å². The molecule has 0 saturated heterocycles. The van der Waals surface area contributed by atoms with Crippen molar-refractivity contribution in [3.8, 4) is 0 Å². The van der Waals surface area contributed by atoms with Crippen LogP contribution in [0.3, 0.4) is 0 Å². The van der Waals surface area contributed by atoms with Crippen LogP contribution in [0.5, 0.6) is 0 Å². The Balaban J connectivity index is 0.00000484. The molecule has 0 heterocycles. The van der Waals surface area contributed by atoms with Gasteiger partial charge in [-0.3, -0.25) is 0 Å². The molecule has 0 aliphatic carbocycles. The fraction of sp³-hybridized carbons (Fsp3) is 0.125. The first kappa shape index (κ1) is 32.0. The predicted molar refractivity (Wildman–Crippen MR) is 154 cm³/mol. The molecular formula is C32H30O9Sn. The van der Waals surface area contributed by atoms with Crippen LogP contribution in [0.1, 0.15) is 22.3 Å². The van der Waals surface area contributed by atoms with E-state index in [9.17, 15) is 19.2 Å². The van der Waals surface area contributed by atoms with Crippen LogP contribution in [0.2, 0.25) is 0 Å². The number of rotatable bonds is 12. The molecule has 4 aromatic rings. The summed E-state index contributed by atoms with van der Waals surface area (Å²) in [5.74, 6) is -3.45. The van der Waals surface area contributed by atoms with Crippen LogP contribution >= 0.6 is 0 Å². The van der Waals surface area contributed by atoms with Gasteiger partial charge in [-0.1, -0.05) is 0 Å². The van der Waals surface area contributed by atoms with Crippen LogP contribution in [-0.2, 0) is 57.2 Å². The van der Waals surface area contributed by atoms with E-state index in [0.29, 0.717) is 22.3 Å². The first-order valence-electron chi connectivity index (χ1n) is 12.9. The second-order valence-electron chi connectivity index (χ2n) is 9.05. The van der Waals surface area contributed by atoms with Crippen LogP contribution in [0.15, 0.2) is 121 Å². The molecule has 4 rings (SSSR count). The van der Waals surface area contributed by atoms with Crippen molar-refractivity contribution in [2.75, 3.05) is 0 Å². The van der Waals surface area contributed by atoms with Crippen LogP contribution in [0.4, 0.5) is 0 Å². The molecule has 0 bridgehead atoms. The molecular weight excluding hydrogens is 647 g/mol. The van der Waals surface area contributed by atoms with E-state index in [1.165, 1.54) is 0 Å². The Labute approximate surface area is 249 Å². The zero-order valence-electron chi connectivity index (χ0n) is 22.6. The van der Waals surface area contributed by atoms with E-state index in [-0.39, 0.29) is 31.2 Å². The van der Waals surface area contributed by atoms with Gasteiger partial charge in [0, 0.05) is 0 Å². The van der Waals surface area contributed by atoms with E-state index in [0.717, 1.165) is 0 Å². The third kappa shape index (κ3) is 10.5. The van der Waals surface area contributed by atoms with Gasteiger partial charge in [0.1, 0.15) is 0 Å². The zero-order chi connectivity index (χ0) is 28.9. The van der Waals surface area contributed by atoms with Crippen molar-refractivity contribution in [2.24, 2.45) is 0 Å². The monoisotopic (exact) mass is 678 g/mol. The van der Waals surface area contributed by atoms with E-state index < -0.39 is 43.9 Å². The van der Waals surface area contributed by atoms with Crippen molar-refractivity contribution >= 4 is 43.9 Å². The van der Waals surface area contributed by atoms with Gasteiger partial charge in [-0.2, -0.15) is 0 Å². The standard InChI is InChI=1S/4C8H8O2.H2O.Sn/c4*9-8(10)6-7-4-2-1-3-5-7;;/h4*1-5H,6H2,(H,9,10);1H2;/q;;;;;+4/p-4. The molecule has 0 radical (unpaired) electrons. The van der Waals surface area contributed by atoms with E-state index in [4.69, 9.17) is 12.3 Å². The second-order valence-corrected chi connectivity index (χ2v) is 14.2. The van der Waals surface area contributed by atoms with Crippen molar-refractivity contribution in [1.29, 1.82) is 0 Å². The molecule has 10 heteroatoms. The molecule has 0 fully saturated rings. The minimum absolute atomic E-state index is 0. The molecule has 0 atom stereocenters. The zero-order valence-corrected chi connectivity index (χ0v) is 25.5. The summed E-state index contributed by atoms with van der Waals surface area (Å²) in [5.41, 5.74) is 2.44. The summed E-state index contributed by atoms with van der Waals surface area (Å²) < 4.78 is 22.4. The third-order valence-electron chi connectivity index (χ3n) is 5.72. The maximum absolute atomic E-state index is 13.1. The first-order chi connectivity index (χ1) is 19.9. The van der Waals surface area contributed by atoms with Gasteiger partial charge >= 0.3 is 245 Å². The third-order valence-corrected chi connectivity index (χ3v) is 11.2. The first-order valence-corrected chi connectivity index (χ1v) is 17.6. The normalized spacial score (nSPS) is 10.5. The number of hydrogen-bond donors (Lipinski definition) is 0. The number of carbonyl (C=O) groups is 4. The molecule has 0 aliphatic rings. The van der Waals surface area contributed by atoms with Gasteiger partial charge in [0.05, 0.1) is 0 Å². The Morgan fingerprint density at radius 3 is 0.762 bits per heavy atom. The molecule has 42 heavy (non-hydrogen) atoms. The summed E-state index contributed by atoms with van der Waals surface area (Å²) in [4.78, 5) is 52.4. The molecule has 4 aromatic carbocycles. The van der Waals surface area contributed by atoms with Gasteiger partial charge in [0.25, 0.3) is 0 Å². The Bertz CT molecular complexity index is 1220. The van der Waals surface area contributed by atoms with Gasteiger partial charge in [-0.05, 0) is 0 Å². The molecule has 9 nitrogen and oxygen atoms in total. The average Bonchev–Trinajstić information content (AvgIpc) is 2.94. The molecule has 0 aromatic heterocycles. The molecule has 0 amide bonds. The number of carbonyl (C=O) groups excluding carboxylic acids is 4. The van der Waals surface area contributed by atoms with Crippen molar-refractivity contribution in [1.82, 2.24) is 0 Å². The Kier molecular flexibility index (Phi) is 12.3. The van der Waals surface area contributed by atoms with Crippen molar-refractivity contribution in [3.05, 3.63) is 144 Å². The van der Waals surface area contributed by atoms with Gasteiger partial charge < -0.3 is 5.48 Å². The van der Waals surface area contributed by atoms with Crippen LogP contribution < -0.4 is 0 Å². The summed E-state index contributed by atoms with van der Waals surface area (Å²) >= 11 is -6.07. The molecule has 216 valence electrons. The van der Waals surface area contributed by atoms with Crippen LogP contribution in [0.25, 0.3) is 0 Å². The van der Waals surface area contributed by atoms with E-state index >= 15 is 0 Å². The van der Waals surface area contributed by atoms with E-state index in [2.05, 4.69) is 0 Å². The summed E-state index contributed by atoms with van der Waals surface area (Å²) in [5, 5.41) is 0. The average molecular weight is 677 g/mol. The predicted octanol–water partition coefficient (Wildman–Crippen LogP) is 3.74. The maximum atomic E-state index is 13.1. The second kappa shape index (κ2) is 16.1. The quantitative estimate of drug-likeness (QED) is 0.207. The van der Waals surface area contributed by atoms with Crippen LogP contribution in [0, 0.1) is 0 Å². The summed E-state index contributed by atoms with van der Waals surface area (Å²) in [7, 11) is 0. The number of benzene rings is 4. The fourth-order valence-corrected chi connectivity index (χ4v) is 8.60. The Morgan fingerprint density at radius 1 is 0.381 bits per heavy atom. The van der Waals surface area contributed by atoms with Crippen LogP contribution in [-0.4, -0.2) is 49.4 Å². The van der Waals surface area contributed by atoms with Crippen molar-refractivity contribution < 1.29 is 37.0 Å². The van der Waals surface area contributed by atoms with Gasteiger partial charge in [0.2, 0.25) is 0 Å². The minimum atomic E-state index is -6.07. The molecule has 0 spiro atoms. The molecule has 0 aliphatic heterocycles. The number of hydrogen-bond acceptors (Lipinski definition) is 8. The fourth-order valence-electron chi connectivity index (χ4n) is 3.88. The summed E-state index contributed by atoms with van der Waals surface area (Å²) in [6.07, 6.45) is -0.880.